The SMILES string of the molecule is COCCC(C)(C)CNCc1cc(OC)c(OC)cc1Br. The first-order chi connectivity index (χ1) is 9.93. The van der Waals surface area contributed by atoms with E-state index in [1.807, 2.05) is 12.1 Å². The molecule has 0 saturated heterocycles. The van der Waals surface area contributed by atoms with E-state index in [1.165, 1.54) is 0 Å². The first-order valence-corrected chi connectivity index (χ1v) is 7.83. The van der Waals surface area contributed by atoms with Gasteiger partial charge in [-0.3, -0.25) is 0 Å². The lowest BCUT2D eigenvalue weighted by Gasteiger charge is -2.25. The van der Waals surface area contributed by atoms with Crippen molar-refractivity contribution in [3.8, 4) is 11.5 Å². The number of hydrogen-bond acceptors (Lipinski definition) is 4. The zero-order valence-corrected chi connectivity index (χ0v) is 15.2. The van der Waals surface area contributed by atoms with Gasteiger partial charge in [-0.1, -0.05) is 29.8 Å². The van der Waals surface area contributed by atoms with Crippen LogP contribution in [-0.2, 0) is 11.3 Å². The van der Waals surface area contributed by atoms with Crippen molar-refractivity contribution in [2.45, 2.75) is 26.8 Å². The molecule has 0 heterocycles. The average Bonchev–Trinajstić information content (AvgIpc) is 2.46. The molecule has 1 rings (SSSR count). The third-order valence-electron chi connectivity index (χ3n) is 3.45. The Bertz CT molecular complexity index is 449. The molecular weight excluding hydrogens is 334 g/mol. The maximum absolute atomic E-state index is 5.34. The van der Waals surface area contributed by atoms with E-state index in [9.17, 15) is 0 Å². The van der Waals surface area contributed by atoms with E-state index in [1.54, 1.807) is 21.3 Å². The van der Waals surface area contributed by atoms with Gasteiger partial charge >= 0.3 is 0 Å². The molecule has 0 aliphatic carbocycles. The van der Waals surface area contributed by atoms with Gasteiger partial charge in [0.05, 0.1) is 14.2 Å². The Morgan fingerprint density at radius 1 is 1.10 bits per heavy atom. The summed E-state index contributed by atoms with van der Waals surface area (Å²) in [4.78, 5) is 0. The first-order valence-electron chi connectivity index (χ1n) is 7.03. The number of halogens is 1. The Kier molecular flexibility index (Phi) is 7.49. The van der Waals surface area contributed by atoms with Crippen molar-refractivity contribution >= 4 is 15.9 Å². The molecule has 0 bridgehead atoms. The lowest BCUT2D eigenvalue weighted by Crippen LogP contribution is -2.30. The van der Waals surface area contributed by atoms with Gasteiger partial charge in [-0.25, -0.2) is 0 Å². The molecule has 0 aliphatic heterocycles. The molecule has 5 heteroatoms. The Morgan fingerprint density at radius 2 is 1.71 bits per heavy atom. The van der Waals surface area contributed by atoms with Crippen molar-refractivity contribution in [2.24, 2.45) is 5.41 Å². The van der Waals surface area contributed by atoms with Gasteiger partial charge < -0.3 is 19.5 Å². The second kappa shape index (κ2) is 8.61. The molecule has 0 radical (unpaired) electrons. The van der Waals surface area contributed by atoms with Crippen molar-refractivity contribution in [3.05, 3.63) is 22.2 Å². The highest BCUT2D eigenvalue weighted by atomic mass is 79.9. The molecule has 1 aromatic carbocycles. The molecule has 0 spiro atoms. The summed E-state index contributed by atoms with van der Waals surface area (Å²) in [6.07, 6.45) is 1.03. The predicted octanol–water partition coefficient (Wildman–Crippen LogP) is 3.62. The minimum absolute atomic E-state index is 0.207. The van der Waals surface area contributed by atoms with Crippen LogP contribution in [-0.4, -0.2) is 34.5 Å². The Hall–Kier alpha value is -0.780. The van der Waals surface area contributed by atoms with E-state index in [2.05, 4.69) is 35.1 Å². The number of ether oxygens (including phenoxy) is 3. The van der Waals surface area contributed by atoms with E-state index in [0.717, 1.165) is 47.7 Å². The molecule has 0 saturated carbocycles. The van der Waals surface area contributed by atoms with E-state index in [4.69, 9.17) is 14.2 Å². The zero-order valence-electron chi connectivity index (χ0n) is 13.6. The number of rotatable bonds is 9. The predicted molar refractivity (Wildman–Crippen MR) is 89.2 cm³/mol. The second-order valence-electron chi connectivity index (χ2n) is 5.81. The molecule has 1 aromatic rings. The summed E-state index contributed by atoms with van der Waals surface area (Å²) in [6, 6.07) is 3.93. The van der Waals surface area contributed by atoms with Crippen LogP contribution in [0.4, 0.5) is 0 Å². The summed E-state index contributed by atoms with van der Waals surface area (Å²) < 4.78 is 16.8. The van der Waals surface area contributed by atoms with Crippen LogP contribution in [0.5, 0.6) is 11.5 Å². The standard InChI is InChI=1S/C16H26BrNO3/c1-16(2,6-7-19-3)11-18-10-12-8-14(20-4)15(21-5)9-13(12)17/h8-9,18H,6-7,10-11H2,1-5H3. The van der Waals surface area contributed by atoms with Crippen molar-refractivity contribution in [1.29, 1.82) is 0 Å². The van der Waals surface area contributed by atoms with Crippen LogP contribution in [0.2, 0.25) is 0 Å². The first kappa shape index (κ1) is 18.3. The van der Waals surface area contributed by atoms with Crippen molar-refractivity contribution < 1.29 is 14.2 Å². The highest BCUT2D eigenvalue weighted by Gasteiger charge is 2.17. The van der Waals surface area contributed by atoms with Gasteiger partial charge in [-0.15, -0.1) is 0 Å². The molecular formula is C16H26BrNO3. The Labute approximate surface area is 136 Å². The van der Waals surface area contributed by atoms with Crippen LogP contribution >= 0.6 is 15.9 Å². The highest BCUT2D eigenvalue weighted by Crippen LogP contribution is 2.33. The molecule has 0 aromatic heterocycles. The fraction of sp³-hybridized carbons (Fsp3) is 0.625. The largest absolute Gasteiger partial charge is 0.493 e. The molecule has 120 valence electrons. The Balaban J connectivity index is 2.63. The molecule has 0 aliphatic rings. The molecule has 1 N–H and O–H groups in total. The van der Waals surface area contributed by atoms with Crippen molar-refractivity contribution in [2.75, 3.05) is 34.5 Å². The van der Waals surface area contributed by atoms with Crippen molar-refractivity contribution in [3.63, 3.8) is 0 Å². The summed E-state index contributed by atoms with van der Waals surface area (Å²) >= 11 is 3.58. The second-order valence-corrected chi connectivity index (χ2v) is 6.66. The highest BCUT2D eigenvalue weighted by molar-refractivity contribution is 9.10. The van der Waals surface area contributed by atoms with Crippen LogP contribution in [0.3, 0.4) is 0 Å². The maximum atomic E-state index is 5.34. The average molecular weight is 360 g/mol. The summed E-state index contributed by atoms with van der Waals surface area (Å²) in [5, 5.41) is 3.50. The summed E-state index contributed by atoms with van der Waals surface area (Å²) in [5.41, 5.74) is 1.36. The van der Waals surface area contributed by atoms with Gasteiger partial charge in [0.15, 0.2) is 11.5 Å². The molecule has 0 atom stereocenters. The van der Waals surface area contributed by atoms with Crippen LogP contribution in [0.1, 0.15) is 25.8 Å². The lowest BCUT2D eigenvalue weighted by molar-refractivity contribution is 0.150. The number of nitrogens with one attached hydrogen (secondary N) is 1. The quantitative estimate of drug-likeness (QED) is 0.730. The number of benzene rings is 1. The van der Waals surface area contributed by atoms with E-state index in [0.29, 0.717) is 0 Å². The van der Waals surface area contributed by atoms with Crippen LogP contribution in [0.15, 0.2) is 16.6 Å². The van der Waals surface area contributed by atoms with E-state index < -0.39 is 0 Å². The monoisotopic (exact) mass is 359 g/mol. The molecule has 21 heavy (non-hydrogen) atoms. The van der Waals surface area contributed by atoms with E-state index in [-0.39, 0.29) is 5.41 Å². The van der Waals surface area contributed by atoms with Crippen LogP contribution in [0.25, 0.3) is 0 Å². The van der Waals surface area contributed by atoms with Crippen molar-refractivity contribution in [1.82, 2.24) is 5.32 Å². The zero-order chi connectivity index (χ0) is 15.9. The third kappa shape index (κ3) is 5.85. The normalized spacial score (nSPS) is 11.5. The summed E-state index contributed by atoms with van der Waals surface area (Å²) in [5.74, 6) is 1.48. The molecule has 0 amide bonds. The Morgan fingerprint density at radius 3 is 2.29 bits per heavy atom. The van der Waals surface area contributed by atoms with Gasteiger partial charge in [0.2, 0.25) is 0 Å². The van der Waals surface area contributed by atoms with Crippen LogP contribution < -0.4 is 14.8 Å². The number of hydrogen-bond donors (Lipinski definition) is 1. The smallest absolute Gasteiger partial charge is 0.161 e. The summed E-state index contributed by atoms with van der Waals surface area (Å²) in [6.45, 7) is 6.97. The molecule has 4 nitrogen and oxygen atoms in total. The fourth-order valence-corrected chi connectivity index (χ4v) is 2.50. The van der Waals surface area contributed by atoms with Gasteiger partial charge in [-0.05, 0) is 29.5 Å². The van der Waals surface area contributed by atoms with Gasteiger partial charge in [0, 0.05) is 31.3 Å². The minimum Gasteiger partial charge on any atom is -0.493 e. The number of methoxy groups -OCH3 is 3. The van der Waals surface area contributed by atoms with Gasteiger partial charge in [0.25, 0.3) is 0 Å². The maximum Gasteiger partial charge on any atom is 0.161 e. The molecule has 0 unspecified atom stereocenters. The van der Waals surface area contributed by atoms with Gasteiger partial charge in [-0.2, -0.15) is 0 Å². The lowest BCUT2D eigenvalue weighted by atomic mass is 9.89. The van der Waals surface area contributed by atoms with Gasteiger partial charge in [0.1, 0.15) is 0 Å². The third-order valence-corrected chi connectivity index (χ3v) is 4.19. The molecule has 0 fully saturated rings. The summed E-state index contributed by atoms with van der Waals surface area (Å²) in [7, 11) is 5.03. The van der Waals surface area contributed by atoms with Crippen LogP contribution in [0, 0.1) is 5.41 Å². The van der Waals surface area contributed by atoms with E-state index >= 15 is 0 Å². The topological polar surface area (TPSA) is 39.7 Å². The minimum atomic E-state index is 0.207. The fourth-order valence-electron chi connectivity index (χ4n) is 2.03.